The summed E-state index contributed by atoms with van der Waals surface area (Å²) >= 11 is 0. The van der Waals surface area contributed by atoms with Gasteiger partial charge >= 0.3 is 0 Å². The largest absolute Gasteiger partial charge is 0.245 e. The van der Waals surface area contributed by atoms with Crippen LogP contribution in [0.15, 0.2) is 170 Å². The molecule has 10 rings (SSSR count). The van der Waals surface area contributed by atoms with Crippen LogP contribution in [0.4, 0.5) is 0 Å². The van der Waals surface area contributed by atoms with Crippen LogP contribution in [0.1, 0.15) is 25.0 Å². The molecule has 0 atom stereocenters. The molecule has 0 saturated heterocycles. The number of aromatic nitrogens is 2. The normalized spacial score (nSPS) is 13.1. The molecule has 0 spiro atoms. The Morgan fingerprint density at radius 2 is 0.902 bits per heavy atom. The summed E-state index contributed by atoms with van der Waals surface area (Å²) in [7, 11) is 0. The fourth-order valence-electron chi connectivity index (χ4n) is 8.26. The molecule has 7 aromatic carbocycles. The van der Waals surface area contributed by atoms with Gasteiger partial charge in [0.05, 0.1) is 22.4 Å². The molecule has 0 bridgehead atoms. The van der Waals surface area contributed by atoms with Crippen LogP contribution in [0, 0.1) is 0 Å². The Bertz CT molecular complexity index is 2790. The SMILES string of the molecule is CC1(C)c2ccccc2-c2c(-c3ccc(-c4ccc(-c5ccc6ccc7ccc(-c8ccccc8)nc7c6n5)cc4)cc3)cc3ccccc3c21. The Labute approximate surface area is 297 Å². The van der Waals surface area contributed by atoms with Crippen LogP contribution >= 0.6 is 0 Å². The second-order valence-electron chi connectivity index (χ2n) is 14.2. The number of pyridine rings is 2. The van der Waals surface area contributed by atoms with Crippen LogP contribution in [0.25, 0.3) is 88.5 Å². The average Bonchev–Trinajstić information content (AvgIpc) is 3.44. The lowest BCUT2D eigenvalue weighted by Crippen LogP contribution is -2.15. The van der Waals surface area contributed by atoms with Crippen LogP contribution < -0.4 is 0 Å². The van der Waals surface area contributed by atoms with Crippen molar-refractivity contribution in [1.29, 1.82) is 0 Å². The maximum absolute atomic E-state index is 5.17. The fourth-order valence-corrected chi connectivity index (χ4v) is 8.26. The monoisotopic (exact) mass is 650 g/mol. The third-order valence-electron chi connectivity index (χ3n) is 10.8. The van der Waals surface area contributed by atoms with E-state index in [0.717, 1.165) is 44.3 Å². The molecule has 0 aliphatic heterocycles. The first-order chi connectivity index (χ1) is 25.0. The van der Waals surface area contributed by atoms with Gasteiger partial charge in [0, 0.05) is 27.3 Å². The van der Waals surface area contributed by atoms with Gasteiger partial charge in [-0.15, -0.1) is 0 Å². The molecular formula is C49H34N2. The fraction of sp³-hybridized carbons (Fsp3) is 0.0612. The van der Waals surface area contributed by atoms with Gasteiger partial charge in [-0.3, -0.25) is 0 Å². The molecule has 0 saturated carbocycles. The summed E-state index contributed by atoms with van der Waals surface area (Å²) in [5.74, 6) is 0. The second-order valence-corrected chi connectivity index (χ2v) is 14.2. The van der Waals surface area contributed by atoms with E-state index in [2.05, 4.69) is 178 Å². The first kappa shape index (κ1) is 29.5. The molecule has 0 unspecified atom stereocenters. The zero-order chi connectivity index (χ0) is 34.1. The van der Waals surface area contributed by atoms with Gasteiger partial charge in [-0.05, 0) is 73.5 Å². The minimum absolute atomic E-state index is 0.0716. The Morgan fingerprint density at radius 1 is 0.392 bits per heavy atom. The number of hydrogen-bond donors (Lipinski definition) is 0. The maximum atomic E-state index is 5.17. The molecule has 51 heavy (non-hydrogen) atoms. The van der Waals surface area contributed by atoms with Crippen LogP contribution in [-0.2, 0) is 5.41 Å². The van der Waals surface area contributed by atoms with Gasteiger partial charge in [-0.2, -0.15) is 0 Å². The number of nitrogens with zero attached hydrogens (tertiary/aromatic N) is 2. The number of rotatable bonds is 4. The zero-order valence-corrected chi connectivity index (χ0v) is 28.6. The number of benzene rings is 7. The summed E-state index contributed by atoms with van der Waals surface area (Å²) in [6.45, 7) is 4.74. The molecule has 1 aliphatic carbocycles. The molecule has 2 aromatic heterocycles. The highest BCUT2D eigenvalue weighted by Crippen LogP contribution is 2.54. The summed E-state index contributed by atoms with van der Waals surface area (Å²) in [6.07, 6.45) is 0. The number of fused-ring (bicyclic) bond motifs is 8. The van der Waals surface area contributed by atoms with E-state index < -0.39 is 0 Å². The highest BCUT2D eigenvalue weighted by molar-refractivity contribution is 6.05. The van der Waals surface area contributed by atoms with Crippen LogP contribution in [0.3, 0.4) is 0 Å². The van der Waals surface area contributed by atoms with Crippen LogP contribution in [0.5, 0.6) is 0 Å². The molecular weight excluding hydrogens is 617 g/mol. The van der Waals surface area contributed by atoms with E-state index in [1.165, 1.54) is 55.3 Å². The standard InChI is InChI=1S/C49H34N2/c1-49(2)42-15-9-8-14-40(42)45-41(30-38-12-6-7-13-39(38)46(45)49)33-20-16-31(17-21-33)32-18-22-35(23-19-32)44-29-27-37-25-24-36-26-28-43(34-10-4-3-5-11-34)50-47(36)48(37)51-44/h3-30H,1-2H3. The number of hydrogen-bond acceptors (Lipinski definition) is 2. The Balaban J connectivity index is 1.00. The summed E-state index contributed by atoms with van der Waals surface area (Å²) in [5, 5.41) is 4.81. The van der Waals surface area contributed by atoms with E-state index in [9.17, 15) is 0 Å². The van der Waals surface area contributed by atoms with E-state index in [0.29, 0.717) is 0 Å². The van der Waals surface area contributed by atoms with Crippen LogP contribution in [-0.4, -0.2) is 9.97 Å². The average molecular weight is 651 g/mol. The van der Waals surface area contributed by atoms with E-state index >= 15 is 0 Å². The van der Waals surface area contributed by atoms with Crippen molar-refractivity contribution in [1.82, 2.24) is 9.97 Å². The lowest BCUT2D eigenvalue weighted by molar-refractivity contribution is 0.666. The van der Waals surface area contributed by atoms with Gasteiger partial charge in [0.2, 0.25) is 0 Å². The van der Waals surface area contributed by atoms with Crippen molar-refractivity contribution in [3.8, 4) is 55.9 Å². The molecule has 2 heteroatoms. The zero-order valence-electron chi connectivity index (χ0n) is 28.6. The van der Waals surface area contributed by atoms with Crippen molar-refractivity contribution >= 4 is 32.6 Å². The summed E-state index contributed by atoms with van der Waals surface area (Å²) in [4.78, 5) is 10.3. The third kappa shape index (κ3) is 4.71. The van der Waals surface area contributed by atoms with Gasteiger partial charge in [-0.1, -0.05) is 166 Å². The molecule has 2 nitrogen and oxygen atoms in total. The molecule has 0 N–H and O–H groups in total. The predicted octanol–water partition coefficient (Wildman–Crippen LogP) is 12.9. The van der Waals surface area contributed by atoms with Crippen molar-refractivity contribution in [2.45, 2.75) is 19.3 Å². The van der Waals surface area contributed by atoms with Crippen molar-refractivity contribution in [3.05, 3.63) is 181 Å². The quantitative estimate of drug-likeness (QED) is 0.177. The first-order valence-corrected chi connectivity index (χ1v) is 17.7. The lowest BCUT2D eigenvalue weighted by atomic mass is 9.79. The first-order valence-electron chi connectivity index (χ1n) is 17.7. The minimum atomic E-state index is -0.0716. The highest BCUT2D eigenvalue weighted by atomic mass is 14.8. The molecule has 0 radical (unpaired) electrons. The smallest absolute Gasteiger partial charge is 0.0972 e. The minimum Gasteiger partial charge on any atom is -0.245 e. The van der Waals surface area contributed by atoms with Crippen molar-refractivity contribution in [3.63, 3.8) is 0 Å². The van der Waals surface area contributed by atoms with Crippen molar-refractivity contribution in [2.24, 2.45) is 0 Å². The van der Waals surface area contributed by atoms with Gasteiger partial charge < -0.3 is 0 Å². The summed E-state index contributed by atoms with van der Waals surface area (Å²) < 4.78 is 0. The third-order valence-corrected chi connectivity index (χ3v) is 10.8. The van der Waals surface area contributed by atoms with Gasteiger partial charge in [0.1, 0.15) is 0 Å². The molecule has 0 fully saturated rings. The molecule has 9 aromatic rings. The Hall–Kier alpha value is -6.38. The van der Waals surface area contributed by atoms with E-state index in [1.54, 1.807) is 0 Å². The molecule has 2 heterocycles. The summed E-state index contributed by atoms with van der Waals surface area (Å²) in [5.41, 5.74) is 16.3. The van der Waals surface area contributed by atoms with E-state index in [-0.39, 0.29) is 5.41 Å². The van der Waals surface area contributed by atoms with E-state index in [1.807, 2.05) is 6.07 Å². The van der Waals surface area contributed by atoms with Gasteiger partial charge in [-0.25, -0.2) is 9.97 Å². The molecule has 240 valence electrons. The Kier molecular flexibility index (Phi) is 6.56. The highest BCUT2D eigenvalue weighted by Gasteiger charge is 2.38. The maximum Gasteiger partial charge on any atom is 0.0972 e. The predicted molar refractivity (Wildman–Crippen MR) is 214 cm³/mol. The second kappa shape index (κ2) is 11.3. The Morgan fingerprint density at radius 3 is 1.57 bits per heavy atom. The van der Waals surface area contributed by atoms with Crippen molar-refractivity contribution in [2.75, 3.05) is 0 Å². The van der Waals surface area contributed by atoms with E-state index in [4.69, 9.17) is 9.97 Å². The van der Waals surface area contributed by atoms with Crippen molar-refractivity contribution < 1.29 is 0 Å². The molecule has 0 amide bonds. The summed E-state index contributed by atoms with van der Waals surface area (Å²) in [6, 6.07) is 61.1. The topological polar surface area (TPSA) is 25.8 Å². The van der Waals surface area contributed by atoms with Gasteiger partial charge in [0.15, 0.2) is 0 Å². The van der Waals surface area contributed by atoms with Gasteiger partial charge in [0.25, 0.3) is 0 Å². The molecule has 1 aliphatic rings. The van der Waals surface area contributed by atoms with Crippen LogP contribution in [0.2, 0.25) is 0 Å². The lowest BCUT2D eigenvalue weighted by Gasteiger charge is -2.24.